The first-order valence-electron chi connectivity index (χ1n) is 5.78. The maximum atomic E-state index is 12.9. The summed E-state index contributed by atoms with van der Waals surface area (Å²) in [5.41, 5.74) is 0. The first-order chi connectivity index (χ1) is 7.12. The Hall–Kier alpha value is 0.0800. The summed E-state index contributed by atoms with van der Waals surface area (Å²) < 4.78 is 25.9. The lowest BCUT2D eigenvalue weighted by Gasteiger charge is -2.10. The number of alkyl halides is 2. The highest BCUT2D eigenvalue weighted by Crippen LogP contribution is 2.24. The zero-order valence-corrected chi connectivity index (χ0v) is 11.0. The summed E-state index contributed by atoms with van der Waals surface area (Å²) in [6.45, 7) is 2.17. The van der Waals surface area contributed by atoms with Crippen molar-refractivity contribution in [1.29, 1.82) is 0 Å². The maximum Gasteiger partial charge on any atom is 0.267 e. The molecule has 0 bridgehead atoms. The molecule has 0 spiro atoms. The van der Waals surface area contributed by atoms with Crippen LogP contribution in [-0.2, 0) is 0 Å². The zero-order chi connectivity index (χ0) is 11.6. The lowest BCUT2D eigenvalue weighted by molar-refractivity contribution is 0.0429. The predicted octanol–water partition coefficient (Wildman–Crippen LogP) is 5.67. The maximum absolute atomic E-state index is 12.9. The van der Waals surface area contributed by atoms with Gasteiger partial charge in [-0.1, -0.05) is 61.4 Å². The molecule has 0 aromatic rings. The van der Waals surface area contributed by atoms with Gasteiger partial charge in [-0.25, -0.2) is 8.78 Å². The highest BCUT2D eigenvalue weighted by Gasteiger charge is 2.23. The predicted molar refractivity (Wildman–Crippen MR) is 65.6 cm³/mol. The molecule has 0 nitrogen and oxygen atoms in total. The lowest BCUT2D eigenvalue weighted by Crippen LogP contribution is -2.10. The summed E-state index contributed by atoms with van der Waals surface area (Å²) in [6, 6.07) is 0. The summed E-state index contributed by atoms with van der Waals surface area (Å²) >= 11 is 2.88. The Bertz CT molecular complexity index is 167. The molecule has 0 amide bonds. The normalized spacial score (nSPS) is 12.5. The van der Waals surface area contributed by atoms with Crippen molar-refractivity contribution in [2.75, 3.05) is 0 Å². The highest BCUT2D eigenvalue weighted by atomic mass is 79.9. The molecule has 0 radical (unpaired) electrons. The number of rotatable bonds is 9. The molecule has 0 unspecified atom stereocenters. The van der Waals surface area contributed by atoms with E-state index in [2.05, 4.69) is 22.9 Å². The average Bonchev–Trinajstić information content (AvgIpc) is 2.16. The van der Waals surface area contributed by atoms with Gasteiger partial charge < -0.3 is 0 Å². The van der Waals surface area contributed by atoms with Crippen LogP contribution < -0.4 is 0 Å². The van der Waals surface area contributed by atoms with E-state index < -0.39 is 5.92 Å². The molecule has 0 aromatic carbocycles. The fraction of sp³-hybridized carbons (Fsp3) is 0.833. The highest BCUT2D eigenvalue weighted by molar-refractivity contribution is 9.11. The molecule has 0 aliphatic carbocycles. The van der Waals surface area contributed by atoms with Crippen molar-refractivity contribution in [3.05, 3.63) is 11.1 Å². The van der Waals surface area contributed by atoms with Gasteiger partial charge in [0.05, 0.1) is 0 Å². The Balaban J connectivity index is 3.30. The van der Waals surface area contributed by atoms with Crippen LogP contribution in [-0.4, -0.2) is 5.92 Å². The minimum absolute atomic E-state index is 0.0249. The molecule has 15 heavy (non-hydrogen) atoms. The third-order valence-corrected chi connectivity index (χ3v) is 2.68. The van der Waals surface area contributed by atoms with Crippen LogP contribution in [0.25, 0.3) is 0 Å². The molecule has 0 N–H and O–H groups in total. The number of hydrogen-bond donors (Lipinski definition) is 0. The van der Waals surface area contributed by atoms with E-state index in [1.165, 1.54) is 30.7 Å². The molecule has 0 atom stereocenters. The fourth-order valence-corrected chi connectivity index (χ4v) is 1.88. The van der Waals surface area contributed by atoms with E-state index in [4.69, 9.17) is 0 Å². The van der Waals surface area contributed by atoms with Gasteiger partial charge in [0.15, 0.2) is 0 Å². The van der Waals surface area contributed by atoms with Crippen LogP contribution in [0, 0.1) is 0 Å². The monoisotopic (exact) mass is 282 g/mol. The van der Waals surface area contributed by atoms with Crippen LogP contribution in [0.4, 0.5) is 8.78 Å². The average molecular weight is 283 g/mol. The number of halogens is 3. The van der Waals surface area contributed by atoms with E-state index in [-0.39, 0.29) is 6.42 Å². The summed E-state index contributed by atoms with van der Waals surface area (Å²) in [5.74, 6) is -2.63. The molecule has 0 aliphatic heterocycles. The number of hydrogen-bond acceptors (Lipinski definition) is 0. The molecule has 0 fully saturated rings. The molecule has 0 rings (SSSR count). The molecular weight excluding hydrogens is 262 g/mol. The van der Waals surface area contributed by atoms with Crippen LogP contribution in [0.15, 0.2) is 11.1 Å². The molecular formula is C12H21BrF2. The van der Waals surface area contributed by atoms with Crippen molar-refractivity contribution in [1.82, 2.24) is 0 Å². The summed E-state index contributed by atoms with van der Waals surface area (Å²) in [5, 5.41) is 0. The van der Waals surface area contributed by atoms with Gasteiger partial charge in [-0.05, 0) is 17.5 Å². The van der Waals surface area contributed by atoms with Crippen LogP contribution >= 0.6 is 15.9 Å². The van der Waals surface area contributed by atoms with Crippen molar-refractivity contribution in [3.8, 4) is 0 Å². The summed E-state index contributed by atoms with van der Waals surface area (Å²) in [4.78, 5) is 1.24. The van der Waals surface area contributed by atoms with Crippen molar-refractivity contribution in [2.45, 2.75) is 64.2 Å². The second-order valence-corrected chi connectivity index (χ2v) is 4.45. The SMILES string of the molecule is CCCCCCCCCC(F)(F)C=CBr. The largest absolute Gasteiger partial charge is 0.267 e. The van der Waals surface area contributed by atoms with Crippen LogP contribution in [0.2, 0.25) is 0 Å². The van der Waals surface area contributed by atoms with Crippen molar-refractivity contribution in [2.24, 2.45) is 0 Å². The molecule has 0 saturated carbocycles. The first-order valence-corrected chi connectivity index (χ1v) is 6.69. The van der Waals surface area contributed by atoms with Crippen LogP contribution in [0.3, 0.4) is 0 Å². The van der Waals surface area contributed by atoms with Gasteiger partial charge in [0.2, 0.25) is 0 Å². The topological polar surface area (TPSA) is 0 Å². The van der Waals surface area contributed by atoms with E-state index >= 15 is 0 Å². The molecule has 0 aromatic heterocycles. The number of allylic oxidation sites excluding steroid dienone is 1. The minimum Gasteiger partial charge on any atom is -0.202 e. The second kappa shape index (κ2) is 9.32. The van der Waals surface area contributed by atoms with Crippen molar-refractivity contribution >= 4 is 15.9 Å². The summed E-state index contributed by atoms with van der Waals surface area (Å²) in [7, 11) is 0. The van der Waals surface area contributed by atoms with Gasteiger partial charge in [-0.2, -0.15) is 0 Å². The third kappa shape index (κ3) is 10.4. The fourth-order valence-electron chi connectivity index (χ4n) is 1.49. The van der Waals surface area contributed by atoms with E-state index in [0.29, 0.717) is 6.42 Å². The third-order valence-electron chi connectivity index (χ3n) is 2.42. The van der Waals surface area contributed by atoms with Crippen molar-refractivity contribution in [3.63, 3.8) is 0 Å². The minimum atomic E-state index is -2.63. The Morgan fingerprint density at radius 1 is 1.00 bits per heavy atom. The van der Waals surface area contributed by atoms with Crippen LogP contribution in [0.5, 0.6) is 0 Å². The molecule has 0 aliphatic rings. The van der Waals surface area contributed by atoms with Gasteiger partial charge in [-0.15, -0.1) is 0 Å². The first kappa shape index (κ1) is 15.1. The van der Waals surface area contributed by atoms with Gasteiger partial charge in [0.1, 0.15) is 0 Å². The van der Waals surface area contributed by atoms with E-state index in [1.54, 1.807) is 0 Å². The summed E-state index contributed by atoms with van der Waals surface area (Å²) in [6.07, 6.45) is 8.46. The van der Waals surface area contributed by atoms with Gasteiger partial charge in [-0.3, -0.25) is 0 Å². The van der Waals surface area contributed by atoms with Gasteiger partial charge in [0, 0.05) is 6.42 Å². The number of unbranched alkanes of at least 4 members (excludes halogenated alkanes) is 6. The Kier molecular flexibility index (Phi) is 9.37. The molecule has 0 heterocycles. The van der Waals surface area contributed by atoms with E-state index in [9.17, 15) is 8.78 Å². The lowest BCUT2D eigenvalue weighted by atomic mass is 10.1. The van der Waals surface area contributed by atoms with Gasteiger partial charge in [0.25, 0.3) is 5.92 Å². The second-order valence-electron chi connectivity index (χ2n) is 3.93. The van der Waals surface area contributed by atoms with Crippen LogP contribution in [0.1, 0.15) is 58.3 Å². The standard InChI is InChI=1S/C12H21BrF2/c1-2-3-4-5-6-7-8-9-12(14,15)10-11-13/h10-11H,2-9H2,1H3. The molecule has 3 heteroatoms. The van der Waals surface area contributed by atoms with Crippen molar-refractivity contribution < 1.29 is 8.78 Å². The van der Waals surface area contributed by atoms with Gasteiger partial charge >= 0.3 is 0 Å². The quantitative estimate of drug-likeness (QED) is 0.478. The van der Waals surface area contributed by atoms with E-state index in [0.717, 1.165) is 18.9 Å². The van der Waals surface area contributed by atoms with E-state index in [1.807, 2.05) is 0 Å². The Morgan fingerprint density at radius 2 is 1.53 bits per heavy atom. The molecule has 0 saturated heterocycles. The zero-order valence-electron chi connectivity index (χ0n) is 9.45. The Morgan fingerprint density at radius 3 is 2.07 bits per heavy atom. The smallest absolute Gasteiger partial charge is 0.202 e. The Labute approximate surface area is 100 Å². The molecule has 90 valence electrons.